The summed E-state index contributed by atoms with van der Waals surface area (Å²) in [5.41, 5.74) is 1.92. The van der Waals surface area contributed by atoms with Gasteiger partial charge in [-0.3, -0.25) is 4.79 Å². The predicted octanol–water partition coefficient (Wildman–Crippen LogP) is 8.96. The second-order valence-electron chi connectivity index (χ2n) is 10.1. The minimum absolute atomic E-state index is 0. The average Bonchev–Trinajstić information content (AvgIpc) is 3.35. The van der Waals surface area contributed by atoms with Crippen molar-refractivity contribution < 1.29 is 19.0 Å². The fourth-order valence-corrected chi connectivity index (χ4v) is 5.33. The molecule has 0 bridgehead atoms. The summed E-state index contributed by atoms with van der Waals surface area (Å²) in [6.07, 6.45) is 15.0. The summed E-state index contributed by atoms with van der Waals surface area (Å²) in [7, 11) is 1.63. The standard InChI is InChI=1S/C32H46N2O4S.BrH/c1-4-5-6-7-8-9-10-11-12-13-19-37-31-21-29(17-18-30(31)36-3)38-24-32(35)33-28-16-14-15-27(20-28)23-34-22-26(2)39-25-34;/h14-18,20-22H,4-13,19,23-25H2,1-3H3,(H,33,35);1H. The van der Waals surface area contributed by atoms with Crippen LogP contribution in [0.3, 0.4) is 0 Å². The summed E-state index contributed by atoms with van der Waals surface area (Å²) in [6, 6.07) is 13.4. The van der Waals surface area contributed by atoms with Gasteiger partial charge < -0.3 is 24.4 Å². The largest absolute Gasteiger partial charge is 0.493 e. The molecule has 222 valence electrons. The van der Waals surface area contributed by atoms with Crippen LogP contribution in [0.25, 0.3) is 0 Å². The van der Waals surface area contributed by atoms with Crippen LogP contribution >= 0.6 is 28.7 Å². The van der Waals surface area contributed by atoms with Crippen molar-refractivity contribution in [3.8, 4) is 17.2 Å². The molecule has 40 heavy (non-hydrogen) atoms. The van der Waals surface area contributed by atoms with Crippen LogP contribution in [0.2, 0.25) is 0 Å². The third-order valence-corrected chi connectivity index (χ3v) is 7.70. The predicted molar refractivity (Wildman–Crippen MR) is 173 cm³/mol. The Hall–Kier alpha value is -2.32. The fraction of sp³-hybridized carbons (Fsp3) is 0.531. The number of rotatable bonds is 19. The number of hydrogen-bond donors (Lipinski definition) is 1. The van der Waals surface area contributed by atoms with Gasteiger partial charge in [0.1, 0.15) is 5.75 Å². The summed E-state index contributed by atoms with van der Waals surface area (Å²) < 4.78 is 17.2. The van der Waals surface area contributed by atoms with Crippen molar-refractivity contribution in [2.24, 2.45) is 0 Å². The number of hydrogen-bond acceptors (Lipinski definition) is 6. The van der Waals surface area contributed by atoms with Gasteiger partial charge in [-0.15, -0.1) is 28.7 Å². The van der Waals surface area contributed by atoms with E-state index >= 15 is 0 Å². The first-order chi connectivity index (χ1) is 19.1. The maximum atomic E-state index is 12.6. The Bertz CT molecular complexity index is 1050. The Morgan fingerprint density at radius 3 is 2.33 bits per heavy atom. The zero-order valence-electron chi connectivity index (χ0n) is 24.4. The lowest BCUT2D eigenvalue weighted by atomic mass is 10.1. The van der Waals surface area contributed by atoms with Gasteiger partial charge >= 0.3 is 0 Å². The van der Waals surface area contributed by atoms with E-state index in [4.69, 9.17) is 14.2 Å². The molecule has 2 aromatic rings. The highest BCUT2D eigenvalue weighted by molar-refractivity contribution is 8.93. The molecule has 0 aromatic heterocycles. The van der Waals surface area contributed by atoms with Gasteiger partial charge in [0.2, 0.25) is 0 Å². The summed E-state index contributed by atoms with van der Waals surface area (Å²) in [5, 5.41) is 2.94. The Kier molecular flexibility index (Phi) is 16.7. The molecule has 1 aliphatic rings. The number of halogens is 1. The van der Waals surface area contributed by atoms with Crippen LogP contribution in [-0.2, 0) is 11.3 Å². The van der Waals surface area contributed by atoms with E-state index in [1.54, 1.807) is 19.2 Å². The molecule has 0 saturated carbocycles. The fourth-order valence-electron chi connectivity index (χ4n) is 4.57. The number of allylic oxidation sites excluding steroid dienone is 1. The molecule has 0 atom stereocenters. The molecule has 0 saturated heterocycles. The number of nitrogens with zero attached hydrogens (tertiary/aromatic N) is 1. The van der Waals surface area contributed by atoms with Gasteiger partial charge in [0.15, 0.2) is 18.1 Å². The van der Waals surface area contributed by atoms with E-state index in [2.05, 4.69) is 36.3 Å². The number of amides is 1. The molecular formula is C32H47BrN2O4S. The van der Waals surface area contributed by atoms with Crippen LogP contribution < -0.4 is 19.5 Å². The number of ether oxygens (including phenoxy) is 3. The first kappa shape index (κ1) is 33.9. The first-order valence-corrected chi connectivity index (χ1v) is 15.4. The lowest BCUT2D eigenvalue weighted by Gasteiger charge is -2.15. The number of methoxy groups -OCH3 is 1. The number of unbranched alkanes of at least 4 members (excludes halogenated alkanes) is 9. The molecule has 0 fully saturated rings. The van der Waals surface area contributed by atoms with Gasteiger partial charge in [-0.05, 0) is 48.1 Å². The third-order valence-electron chi connectivity index (χ3n) is 6.68. The van der Waals surface area contributed by atoms with Crippen LogP contribution in [0.5, 0.6) is 17.2 Å². The minimum Gasteiger partial charge on any atom is -0.493 e. The van der Waals surface area contributed by atoms with Gasteiger partial charge in [-0.25, -0.2) is 0 Å². The zero-order chi connectivity index (χ0) is 27.7. The second kappa shape index (κ2) is 19.7. The summed E-state index contributed by atoms with van der Waals surface area (Å²) in [6.45, 7) is 5.75. The van der Waals surface area contributed by atoms with Crippen LogP contribution in [0.15, 0.2) is 53.6 Å². The number of benzene rings is 2. The molecule has 0 spiro atoms. The number of carbonyl (C=O) groups is 1. The van der Waals surface area contributed by atoms with Crippen molar-refractivity contribution in [2.45, 2.75) is 84.6 Å². The van der Waals surface area contributed by atoms with E-state index in [0.29, 0.717) is 23.9 Å². The first-order valence-electron chi connectivity index (χ1n) is 14.4. The molecule has 3 rings (SSSR count). The SMILES string of the molecule is Br.CCCCCCCCCCCCOc1cc(OCC(=O)Nc2cccc(CN3C=C(C)SC3)c2)ccc1OC. The summed E-state index contributed by atoms with van der Waals surface area (Å²) in [4.78, 5) is 16.2. The van der Waals surface area contributed by atoms with Crippen molar-refractivity contribution >= 4 is 40.3 Å². The molecule has 1 aliphatic heterocycles. The normalized spacial score (nSPS) is 12.5. The van der Waals surface area contributed by atoms with Crippen molar-refractivity contribution in [3.05, 3.63) is 59.1 Å². The Morgan fingerprint density at radius 1 is 0.925 bits per heavy atom. The number of anilines is 1. The lowest BCUT2D eigenvalue weighted by molar-refractivity contribution is -0.118. The molecule has 0 unspecified atom stereocenters. The number of thioether (sulfide) groups is 1. The maximum absolute atomic E-state index is 12.6. The maximum Gasteiger partial charge on any atom is 0.262 e. The smallest absolute Gasteiger partial charge is 0.262 e. The molecule has 8 heteroatoms. The van der Waals surface area contributed by atoms with Crippen molar-refractivity contribution in [2.75, 3.05) is 31.5 Å². The van der Waals surface area contributed by atoms with Crippen LogP contribution in [-0.4, -0.2) is 37.0 Å². The topological polar surface area (TPSA) is 60.0 Å². The van der Waals surface area contributed by atoms with Crippen molar-refractivity contribution in [1.82, 2.24) is 4.90 Å². The van der Waals surface area contributed by atoms with E-state index in [9.17, 15) is 4.79 Å². The zero-order valence-corrected chi connectivity index (χ0v) is 26.9. The van der Waals surface area contributed by atoms with Gasteiger partial charge in [0.05, 0.1) is 19.6 Å². The van der Waals surface area contributed by atoms with Gasteiger partial charge in [-0.2, -0.15) is 0 Å². The Morgan fingerprint density at radius 2 is 1.65 bits per heavy atom. The van der Waals surface area contributed by atoms with E-state index in [-0.39, 0.29) is 29.5 Å². The third kappa shape index (κ3) is 12.9. The van der Waals surface area contributed by atoms with Crippen LogP contribution in [0, 0.1) is 0 Å². The van der Waals surface area contributed by atoms with Crippen molar-refractivity contribution in [1.29, 1.82) is 0 Å². The monoisotopic (exact) mass is 634 g/mol. The number of carbonyl (C=O) groups excluding carboxylic acids is 1. The van der Waals surface area contributed by atoms with Gasteiger partial charge in [0.25, 0.3) is 5.91 Å². The quantitative estimate of drug-likeness (QED) is 0.156. The van der Waals surface area contributed by atoms with E-state index in [1.807, 2.05) is 36.0 Å². The molecule has 0 radical (unpaired) electrons. The van der Waals surface area contributed by atoms with Gasteiger partial charge in [0, 0.05) is 24.5 Å². The summed E-state index contributed by atoms with van der Waals surface area (Å²) >= 11 is 1.84. The van der Waals surface area contributed by atoms with E-state index in [1.165, 1.54) is 62.7 Å². The van der Waals surface area contributed by atoms with Crippen LogP contribution in [0.1, 0.15) is 83.6 Å². The Balaban J connectivity index is 0.00000560. The number of nitrogens with one attached hydrogen (secondary N) is 1. The van der Waals surface area contributed by atoms with E-state index < -0.39 is 0 Å². The molecule has 6 nitrogen and oxygen atoms in total. The van der Waals surface area contributed by atoms with Crippen molar-refractivity contribution in [3.63, 3.8) is 0 Å². The highest BCUT2D eigenvalue weighted by Crippen LogP contribution is 2.32. The molecule has 1 heterocycles. The Labute approximate surface area is 256 Å². The molecular weight excluding hydrogens is 588 g/mol. The average molecular weight is 636 g/mol. The second-order valence-corrected chi connectivity index (χ2v) is 11.3. The van der Waals surface area contributed by atoms with E-state index in [0.717, 1.165) is 30.1 Å². The molecule has 1 amide bonds. The molecule has 1 N–H and O–H groups in total. The molecule has 2 aromatic carbocycles. The highest BCUT2D eigenvalue weighted by atomic mass is 79.9. The minimum atomic E-state index is -0.205. The molecule has 0 aliphatic carbocycles. The van der Waals surface area contributed by atoms with Crippen LogP contribution in [0.4, 0.5) is 5.69 Å². The summed E-state index contributed by atoms with van der Waals surface area (Å²) in [5.74, 6) is 2.64. The lowest BCUT2D eigenvalue weighted by Crippen LogP contribution is -2.20. The van der Waals surface area contributed by atoms with Gasteiger partial charge in [-0.1, -0.05) is 76.8 Å². The highest BCUT2D eigenvalue weighted by Gasteiger charge is 2.12.